The number of fused-ring (bicyclic) bond motifs is 1. The fraction of sp³-hybridized carbons (Fsp3) is 0.476. The number of amides is 2. The summed E-state index contributed by atoms with van der Waals surface area (Å²) in [6.07, 6.45) is 1.88. The van der Waals surface area contributed by atoms with Crippen LogP contribution in [0.5, 0.6) is 5.75 Å². The summed E-state index contributed by atoms with van der Waals surface area (Å²) < 4.78 is 6.90. The SMILES string of the molecule is COc1ccc(-n2nc(NC(=O)C(=O)N3CC[C@@H]4CN(C)CC[C@@H]43)cc2C)cc1. The minimum absolute atomic E-state index is 0.169. The van der Waals surface area contributed by atoms with Crippen molar-refractivity contribution in [1.82, 2.24) is 19.6 Å². The molecule has 1 aromatic heterocycles. The van der Waals surface area contributed by atoms with Gasteiger partial charge in [-0.2, -0.15) is 0 Å². The molecule has 0 aliphatic carbocycles. The first kappa shape index (κ1) is 19.4. The van der Waals surface area contributed by atoms with E-state index < -0.39 is 11.8 Å². The normalized spacial score (nSPS) is 21.7. The first-order valence-electron chi connectivity index (χ1n) is 9.98. The van der Waals surface area contributed by atoms with Gasteiger partial charge >= 0.3 is 11.8 Å². The predicted molar refractivity (Wildman–Crippen MR) is 109 cm³/mol. The minimum atomic E-state index is -0.621. The quantitative estimate of drug-likeness (QED) is 0.798. The number of nitrogens with zero attached hydrogens (tertiary/aromatic N) is 4. The van der Waals surface area contributed by atoms with Crippen LogP contribution in [0.15, 0.2) is 30.3 Å². The van der Waals surface area contributed by atoms with E-state index in [2.05, 4.69) is 22.4 Å². The van der Waals surface area contributed by atoms with Gasteiger partial charge in [-0.1, -0.05) is 0 Å². The molecule has 4 rings (SSSR count). The lowest BCUT2D eigenvalue weighted by Crippen LogP contribution is -2.49. The number of likely N-dealkylation sites (tertiary alicyclic amines) is 2. The maximum Gasteiger partial charge on any atom is 0.315 e. The molecule has 3 heterocycles. The number of hydrogen-bond donors (Lipinski definition) is 1. The van der Waals surface area contributed by atoms with Gasteiger partial charge in [0, 0.05) is 30.9 Å². The van der Waals surface area contributed by atoms with E-state index in [-0.39, 0.29) is 6.04 Å². The summed E-state index contributed by atoms with van der Waals surface area (Å²) in [6.45, 7) is 4.49. The van der Waals surface area contributed by atoms with E-state index in [0.29, 0.717) is 18.3 Å². The molecule has 2 atom stereocenters. The maximum absolute atomic E-state index is 12.8. The number of carbonyl (C=O) groups is 2. The molecule has 0 spiro atoms. The molecule has 2 fully saturated rings. The topological polar surface area (TPSA) is 79.7 Å². The number of aryl methyl sites for hydroxylation is 1. The molecule has 29 heavy (non-hydrogen) atoms. The summed E-state index contributed by atoms with van der Waals surface area (Å²) in [6, 6.07) is 9.41. The Morgan fingerprint density at radius 2 is 1.93 bits per heavy atom. The largest absolute Gasteiger partial charge is 0.497 e. The molecule has 0 bridgehead atoms. The zero-order valence-electron chi connectivity index (χ0n) is 17.1. The fourth-order valence-electron chi connectivity index (χ4n) is 4.44. The lowest BCUT2D eigenvalue weighted by Gasteiger charge is -2.35. The molecule has 1 N–H and O–H groups in total. The Labute approximate surface area is 170 Å². The Morgan fingerprint density at radius 3 is 2.66 bits per heavy atom. The average molecular weight is 397 g/mol. The van der Waals surface area contributed by atoms with Gasteiger partial charge in [0.2, 0.25) is 0 Å². The summed E-state index contributed by atoms with van der Waals surface area (Å²) in [5, 5.41) is 7.12. The van der Waals surface area contributed by atoms with Gasteiger partial charge in [0.15, 0.2) is 5.82 Å². The highest BCUT2D eigenvalue weighted by molar-refractivity contribution is 6.39. The molecule has 2 aliphatic rings. The number of rotatable bonds is 3. The van der Waals surface area contributed by atoms with Crippen molar-refractivity contribution in [3.05, 3.63) is 36.0 Å². The molecule has 2 aromatic rings. The van der Waals surface area contributed by atoms with Crippen LogP contribution in [0.25, 0.3) is 5.69 Å². The molecule has 2 saturated heterocycles. The number of carbonyl (C=O) groups excluding carboxylic acids is 2. The highest BCUT2D eigenvalue weighted by atomic mass is 16.5. The number of hydrogen-bond acceptors (Lipinski definition) is 5. The summed E-state index contributed by atoms with van der Waals surface area (Å²) >= 11 is 0. The number of nitrogens with one attached hydrogen (secondary N) is 1. The van der Waals surface area contributed by atoms with Crippen LogP contribution in [-0.4, -0.2) is 71.2 Å². The molecule has 8 nitrogen and oxygen atoms in total. The van der Waals surface area contributed by atoms with Crippen molar-refractivity contribution in [2.45, 2.75) is 25.8 Å². The van der Waals surface area contributed by atoms with E-state index in [9.17, 15) is 9.59 Å². The van der Waals surface area contributed by atoms with Crippen LogP contribution in [-0.2, 0) is 9.59 Å². The second kappa shape index (κ2) is 7.87. The lowest BCUT2D eigenvalue weighted by molar-refractivity contribution is -0.144. The van der Waals surface area contributed by atoms with Crippen LogP contribution < -0.4 is 10.1 Å². The number of piperidine rings is 1. The van der Waals surface area contributed by atoms with Gasteiger partial charge in [-0.3, -0.25) is 9.59 Å². The van der Waals surface area contributed by atoms with E-state index in [1.807, 2.05) is 31.2 Å². The highest BCUT2D eigenvalue weighted by Crippen LogP contribution is 2.31. The Kier molecular flexibility index (Phi) is 5.27. The molecule has 0 unspecified atom stereocenters. The molecule has 2 amide bonds. The van der Waals surface area contributed by atoms with Gasteiger partial charge in [0.25, 0.3) is 0 Å². The van der Waals surface area contributed by atoms with Crippen molar-refractivity contribution in [2.24, 2.45) is 5.92 Å². The molecular formula is C21H27N5O3. The molecule has 154 valence electrons. The smallest absolute Gasteiger partial charge is 0.315 e. The highest BCUT2D eigenvalue weighted by Gasteiger charge is 2.41. The summed E-state index contributed by atoms with van der Waals surface area (Å²) in [5.41, 5.74) is 1.71. The molecule has 0 saturated carbocycles. The van der Waals surface area contributed by atoms with E-state index in [1.54, 1.807) is 22.8 Å². The average Bonchev–Trinajstić information content (AvgIpc) is 3.30. The summed E-state index contributed by atoms with van der Waals surface area (Å²) in [7, 11) is 3.72. The summed E-state index contributed by atoms with van der Waals surface area (Å²) in [5.74, 6) is 0.510. The Morgan fingerprint density at radius 1 is 1.17 bits per heavy atom. The number of aromatic nitrogens is 2. The van der Waals surface area contributed by atoms with Gasteiger partial charge in [-0.25, -0.2) is 4.68 Å². The number of ether oxygens (including phenoxy) is 1. The molecule has 0 radical (unpaired) electrons. The van der Waals surface area contributed by atoms with E-state index in [0.717, 1.165) is 43.1 Å². The van der Waals surface area contributed by atoms with Crippen molar-refractivity contribution in [1.29, 1.82) is 0 Å². The fourth-order valence-corrected chi connectivity index (χ4v) is 4.44. The van der Waals surface area contributed by atoms with Crippen LogP contribution in [0.3, 0.4) is 0 Å². The monoisotopic (exact) mass is 397 g/mol. The molecule has 1 aromatic carbocycles. The number of benzene rings is 1. The van der Waals surface area contributed by atoms with Crippen LogP contribution in [0.2, 0.25) is 0 Å². The standard InChI is InChI=1S/C21H27N5O3/c1-14-12-19(23-26(14)16-4-6-17(29-3)7-5-16)22-20(27)21(28)25-11-8-15-13-24(2)10-9-18(15)25/h4-7,12,15,18H,8-11,13H2,1-3H3,(H,22,23,27)/t15-,18+/m1/s1. The van der Waals surface area contributed by atoms with Crippen LogP contribution in [0.4, 0.5) is 5.82 Å². The van der Waals surface area contributed by atoms with Gasteiger partial charge in [-0.15, -0.1) is 5.10 Å². The number of anilines is 1. The zero-order chi connectivity index (χ0) is 20.5. The second-order valence-corrected chi connectivity index (χ2v) is 7.90. The van der Waals surface area contributed by atoms with Crippen LogP contribution >= 0.6 is 0 Å². The first-order chi connectivity index (χ1) is 14.0. The maximum atomic E-state index is 12.8. The summed E-state index contributed by atoms with van der Waals surface area (Å²) in [4.78, 5) is 29.4. The first-order valence-corrected chi connectivity index (χ1v) is 9.98. The Balaban J connectivity index is 1.44. The van der Waals surface area contributed by atoms with Crippen LogP contribution in [0.1, 0.15) is 18.5 Å². The van der Waals surface area contributed by atoms with Crippen molar-refractivity contribution in [3.8, 4) is 11.4 Å². The van der Waals surface area contributed by atoms with E-state index in [4.69, 9.17) is 4.74 Å². The van der Waals surface area contributed by atoms with Crippen LogP contribution in [0, 0.1) is 12.8 Å². The zero-order valence-corrected chi connectivity index (χ0v) is 17.1. The third-order valence-electron chi connectivity index (χ3n) is 5.94. The van der Waals surface area contributed by atoms with Gasteiger partial charge < -0.3 is 19.9 Å². The van der Waals surface area contributed by atoms with Gasteiger partial charge in [0.1, 0.15) is 5.75 Å². The van der Waals surface area contributed by atoms with E-state index in [1.165, 1.54) is 0 Å². The Bertz CT molecular complexity index is 908. The predicted octanol–water partition coefficient (Wildman–Crippen LogP) is 1.68. The minimum Gasteiger partial charge on any atom is -0.497 e. The second-order valence-electron chi connectivity index (χ2n) is 7.90. The molecule has 2 aliphatic heterocycles. The number of methoxy groups -OCH3 is 1. The van der Waals surface area contributed by atoms with Crippen molar-refractivity contribution < 1.29 is 14.3 Å². The third kappa shape index (κ3) is 3.85. The molecule has 8 heteroatoms. The van der Waals surface area contributed by atoms with Gasteiger partial charge in [-0.05, 0) is 63.5 Å². The van der Waals surface area contributed by atoms with Gasteiger partial charge in [0.05, 0.1) is 12.8 Å². The van der Waals surface area contributed by atoms with E-state index >= 15 is 0 Å². The third-order valence-corrected chi connectivity index (χ3v) is 5.94. The van der Waals surface area contributed by atoms with Crippen molar-refractivity contribution in [3.63, 3.8) is 0 Å². The molecular weight excluding hydrogens is 370 g/mol. The van der Waals surface area contributed by atoms with Crippen molar-refractivity contribution in [2.75, 3.05) is 39.1 Å². The Hall–Kier alpha value is -2.87. The lowest BCUT2D eigenvalue weighted by atomic mass is 9.93. The van der Waals surface area contributed by atoms with Crippen molar-refractivity contribution >= 4 is 17.6 Å².